The summed E-state index contributed by atoms with van der Waals surface area (Å²) in [5.74, 6) is -0.307. The van der Waals surface area contributed by atoms with Crippen LogP contribution >= 0.6 is 0 Å². The Bertz CT molecular complexity index is 255. The zero-order valence-corrected chi connectivity index (χ0v) is 7.87. The molecule has 0 spiro atoms. The van der Waals surface area contributed by atoms with Crippen LogP contribution in [-0.2, 0) is 4.79 Å². The Balaban J connectivity index is 2.47. The summed E-state index contributed by atoms with van der Waals surface area (Å²) in [6.07, 6.45) is 1.10. The smallest absolute Gasteiger partial charge is 0.240 e. The van der Waals surface area contributed by atoms with E-state index in [9.17, 15) is 9.90 Å². The van der Waals surface area contributed by atoms with Gasteiger partial charge in [0.1, 0.15) is 5.41 Å². The molecule has 1 aliphatic rings. The Labute approximate surface area is 77.6 Å². The Hall–Kier alpha value is -1.08. The van der Waals surface area contributed by atoms with Gasteiger partial charge < -0.3 is 10.4 Å². The van der Waals surface area contributed by atoms with Gasteiger partial charge in [-0.15, -0.1) is 0 Å². The molecule has 2 N–H and O–H groups in total. The van der Waals surface area contributed by atoms with E-state index in [1.165, 1.54) is 0 Å². The van der Waals surface area contributed by atoms with Crippen LogP contribution in [0.4, 0.5) is 0 Å². The number of rotatable bonds is 2. The predicted octanol–water partition coefficient (Wildman–Crippen LogP) is 0.176. The van der Waals surface area contributed by atoms with Crippen molar-refractivity contribution in [3.63, 3.8) is 0 Å². The SMILES string of the molecule is CC(C)(C#N)C(=O)N[C@@H]1CC[C@H]1O. The van der Waals surface area contributed by atoms with Crippen molar-refractivity contribution in [2.75, 3.05) is 0 Å². The van der Waals surface area contributed by atoms with Gasteiger partial charge in [-0.25, -0.2) is 0 Å². The summed E-state index contributed by atoms with van der Waals surface area (Å²) in [7, 11) is 0. The number of carbonyl (C=O) groups is 1. The fourth-order valence-electron chi connectivity index (χ4n) is 1.05. The predicted molar refractivity (Wildman–Crippen MR) is 46.6 cm³/mol. The molecule has 1 fully saturated rings. The normalized spacial score (nSPS) is 27.2. The third-order valence-electron chi connectivity index (χ3n) is 2.40. The maximum absolute atomic E-state index is 11.4. The van der Waals surface area contributed by atoms with E-state index in [0.29, 0.717) is 0 Å². The largest absolute Gasteiger partial charge is 0.391 e. The molecular weight excluding hydrogens is 168 g/mol. The molecule has 0 aromatic rings. The number of amides is 1. The number of nitrogens with zero attached hydrogens (tertiary/aromatic N) is 1. The monoisotopic (exact) mass is 182 g/mol. The van der Waals surface area contributed by atoms with Gasteiger partial charge in [-0.05, 0) is 26.7 Å². The molecule has 1 aliphatic carbocycles. The van der Waals surface area contributed by atoms with Crippen molar-refractivity contribution in [1.29, 1.82) is 5.26 Å². The van der Waals surface area contributed by atoms with Crippen LogP contribution < -0.4 is 5.32 Å². The zero-order valence-electron chi connectivity index (χ0n) is 7.87. The van der Waals surface area contributed by atoms with Crippen LogP contribution in [0.1, 0.15) is 26.7 Å². The molecule has 4 nitrogen and oxygen atoms in total. The third-order valence-corrected chi connectivity index (χ3v) is 2.40. The summed E-state index contributed by atoms with van der Waals surface area (Å²) in [5.41, 5.74) is -1.00. The minimum atomic E-state index is -1.00. The number of carbonyl (C=O) groups excluding carboxylic acids is 1. The van der Waals surface area contributed by atoms with Crippen LogP contribution in [0.15, 0.2) is 0 Å². The fourth-order valence-corrected chi connectivity index (χ4v) is 1.05. The molecule has 2 atom stereocenters. The van der Waals surface area contributed by atoms with Crippen LogP contribution in [0.3, 0.4) is 0 Å². The summed E-state index contributed by atoms with van der Waals surface area (Å²) in [6.45, 7) is 3.13. The number of nitrogens with one attached hydrogen (secondary N) is 1. The first-order valence-electron chi connectivity index (χ1n) is 4.37. The first-order valence-corrected chi connectivity index (χ1v) is 4.37. The lowest BCUT2D eigenvalue weighted by atomic mass is 9.87. The van der Waals surface area contributed by atoms with E-state index in [1.54, 1.807) is 13.8 Å². The highest BCUT2D eigenvalue weighted by atomic mass is 16.3. The van der Waals surface area contributed by atoms with E-state index in [4.69, 9.17) is 5.26 Å². The van der Waals surface area contributed by atoms with Crippen LogP contribution in [0.25, 0.3) is 0 Å². The first kappa shape index (κ1) is 10.0. The summed E-state index contributed by atoms with van der Waals surface area (Å²) >= 11 is 0. The van der Waals surface area contributed by atoms with Gasteiger partial charge in [-0.1, -0.05) is 0 Å². The van der Waals surface area contributed by atoms with Gasteiger partial charge in [0.15, 0.2) is 0 Å². The number of nitriles is 1. The number of hydrogen-bond donors (Lipinski definition) is 2. The molecule has 1 saturated carbocycles. The number of aliphatic hydroxyl groups excluding tert-OH is 1. The summed E-state index contributed by atoms with van der Waals surface area (Å²) in [5, 5.41) is 20.5. The molecular formula is C9H14N2O2. The first-order chi connectivity index (χ1) is 5.97. The molecule has 0 saturated heterocycles. The highest BCUT2D eigenvalue weighted by Gasteiger charge is 2.35. The standard InChI is InChI=1S/C9H14N2O2/c1-9(2,5-10)8(13)11-6-3-4-7(6)12/h6-7,12H,3-4H2,1-2H3,(H,11,13)/t6-,7-/m1/s1. The van der Waals surface area contributed by atoms with Crippen molar-refractivity contribution >= 4 is 5.91 Å². The van der Waals surface area contributed by atoms with Crippen molar-refractivity contribution in [3.05, 3.63) is 0 Å². The highest BCUT2D eigenvalue weighted by molar-refractivity contribution is 5.84. The van der Waals surface area contributed by atoms with Gasteiger partial charge in [-0.3, -0.25) is 4.79 Å². The van der Waals surface area contributed by atoms with Crippen molar-refractivity contribution in [2.24, 2.45) is 5.41 Å². The Morgan fingerprint density at radius 3 is 2.54 bits per heavy atom. The van der Waals surface area contributed by atoms with Crippen LogP contribution in [0.5, 0.6) is 0 Å². The maximum Gasteiger partial charge on any atom is 0.240 e. The van der Waals surface area contributed by atoms with Gasteiger partial charge in [0, 0.05) is 0 Å². The van der Waals surface area contributed by atoms with E-state index < -0.39 is 11.5 Å². The quantitative estimate of drug-likeness (QED) is 0.639. The lowest BCUT2D eigenvalue weighted by Gasteiger charge is -2.34. The van der Waals surface area contributed by atoms with Gasteiger partial charge in [-0.2, -0.15) is 5.26 Å². The topological polar surface area (TPSA) is 73.1 Å². The van der Waals surface area contributed by atoms with Crippen LogP contribution in [0.2, 0.25) is 0 Å². The van der Waals surface area contributed by atoms with E-state index in [0.717, 1.165) is 12.8 Å². The van der Waals surface area contributed by atoms with E-state index in [1.807, 2.05) is 6.07 Å². The molecule has 0 aliphatic heterocycles. The molecule has 0 radical (unpaired) electrons. The van der Waals surface area contributed by atoms with Gasteiger partial charge in [0.05, 0.1) is 18.2 Å². The molecule has 13 heavy (non-hydrogen) atoms. The molecule has 72 valence electrons. The van der Waals surface area contributed by atoms with E-state index in [2.05, 4.69) is 5.32 Å². The second-order valence-electron chi connectivity index (χ2n) is 3.96. The molecule has 1 amide bonds. The minimum Gasteiger partial charge on any atom is -0.391 e. The average Bonchev–Trinajstić information content (AvgIpc) is 2.11. The summed E-state index contributed by atoms with van der Waals surface area (Å²) < 4.78 is 0. The van der Waals surface area contributed by atoms with E-state index in [-0.39, 0.29) is 11.9 Å². The maximum atomic E-state index is 11.4. The molecule has 1 rings (SSSR count). The van der Waals surface area contributed by atoms with Gasteiger partial charge in [0.2, 0.25) is 5.91 Å². The minimum absolute atomic E-state index is 0.153. The van der Waals surface area contributed by atoms with Crippen molar-refractivity contribution in [3.8, 4) is 6.07 Å². The summed E-state index contributed by atoms with van der Waals surface area (Å²) in [6, 6.07) is 1.76. The molecule has 0 aromatic carbocycles. The van der Waals surface area contributed by atoms with Crippen molar-refractivity contribution in [1.82, 2.24) is 5.32 Å². The van der Waals surface area contributed by atoms with Crippen LogP contribution in [0, 0.1) is 16.7 Å². The molecule has 4 heteroatoms. The molecule has 0 aromatic heterocycles. The Kier molecular flexibility index (Phi) is 2.58. The molecule has 0 heterocycles. The summed E-state index contributed by atoms with van der Waals surface area (Å²) in [4.78, 5) is 11.4. The van der Waals surface area contributed by atoms with E-state index >= 15 is 0 Å². The lowest BCUT2D eigenvalue weighted by Crippen LogP contribution is -2.53. The lowest BCUT2D eigenvalue weighted by molar-refractivity contribution is -0.129. The number of aliphatic hydroxyl groups is 1. The fraction of sp³-hybridized carbons (Fsp3) is 0.778. The Morgan fingerprint density at radius 2 is 2.23 bits per heavy atom. The number of hydrogen-bond acceptors (Lipinski definition) is 3. The molecule has 0 bridgehead atoms. The Morgan fingerprint density at radius 1 is 1.62 bits per heavy atom. The average molecular weight is 182 g/mol. The van der Waals surface area contributed by atoms with Crippen molar-refractivity contribution in [2.45, 2.75) is 38.8 Å². The zero-order chi connectivity index (χ0) is 10.1. The second-order valence-corrected chi connectivity index (χ2v) is 3.96. The van der Waals surface area contributed by atoms with Gasteiger partial charge in [0.25, 0.3) is 0 Å². The van der Waals surface area contributed by atoms with Gasteiger partial charge >= 0.3 is 0 Å². The highest BCUT2D eigenvalue weighted by Crippen LogP contribution is 2.21. The second kappa shape index (κ2) is 3.35. The molecule has 0 unspecified atom stereocenters. The van der Waals surface area contributed by atoms with Crippen LogP contribution in [-0.4, -0.2) is 23.2 Å². The van der Waals surface area contributed by atoms with Crippen molar-refractivity contribution < 1.29 is 9.90 Å². The third kappa shape index (κ3) is 1.99.